The van der Waals surface area contributed by atoms with E-state index in [2.05, 4.69) is 11.8 Å². The van der Waals surface area contributed by atoms with Gasteiger partial charge in [-0.25, -0.2) is 8.42 Å². The fraction of sp³-hybridized carbons (Fsp3) is 0.600. The van der Waals surface area contributed by atoms with E-state index >= 15 is 0 Å². The molecule has 1 aromatic rings. The van der Waals surface area contributed by atoms with Crippen LogP contribution in [0.4, 0.5) is 0 Å². The van der Waals surface area contributed by atoms with Gasteiger partial charge in [0.2, 0.25) is 10.0 Å². The Labute approximate surface area is 132 Å². The van der Waals surface area contributed by atoms with E-state index in [4.69, 9.17) is 11.6 Å². The first-order valence-corrected chi connectivity index (χ1v) is 9.34. The number of halogens is 1. The van der Waals surface area contributed by atoms with Crippen LogP contribution in [-0.4, -0.2) is 50.3 Å². The average molecular weight is 331 g/mol. The van der Waals surface area contributed by atoms with E-state index in [9.17, 15) is 8.42 Å². The van der Waals surface area contributed by atoms with Crippen LogP contribution in [0.2, 0.25) is 5.02 Å². The number of nitrogens with zero attached hydrogens (tertiary/aromatic N) is 2. The lowest BCUT2D eigenvalue weighted by atomic mass is 10.2. The third-order valence-corrected chi connectivity index (χ3v) is 5.97. The van der Waals surface area contributed by atoms with E-state index in [1.165, 1.54) is 25.3 Å². The highest BCUT2D eigenvalue weighted by Crippen LogP contribution is 2.20. The minimum absolute atomic E-state index is 0.287. The Bertz CT molecular complexity index is 555. The summed E-state index contributed by atoms with van der Waals surface area (Å²) in [5.41, 5.74) is 0. The number of hydrogen-bond donors (Lipinski definition) is 0. The highest BCUT2D eigenvalue weighted by Gasteiger charge is 2.28. The number of piperazine rings is 1. The molecule has 1 aliphatic heterocycles. The minimum Gasteiger partial charge on any atom is -0.301 e. The van der Waals surface area contributed by atoms with Crippen molar-refractivity contribution in [2.75, 3.05) is 32.7 Å². The zero-order valence-corrected chi connectivity index (χ0v) is 14.0. The summed E-state index contributed by atoms with van der Waals surface area (Å²) in [6.45, 7) is 5.99. The average Bonchev–Trinajstić information content (AvgIpc) is 2.48. The summed E-state index contributed by atoms with van der Waals surface area (Å²) in [7, 11) is -3.41. The maximum Gasteiger partial charge on any atom is 0.243 e. The molecule has 4 nitrogen and oxygen atoms in total. The first-order valence-electron chi connectivity index (χ1n) is 7.52. The Kier molecular flexibility index (Phi) is 6.05. The van der Waals surface area contributed by atoms with Crippen molar-refractivity contribution in [3.8, 4) is 0 Å². The van der Waals surface area contributed by atoms with E-state index in [1.54, 1.807) is 22.5 Å². The lowest BCUT2D eigenvalue weighted by molar-refractivity contribution is 0.185. The van der Waals surface area contributed by atoms with Crippen LogP contribution in [0.15, 0.2) is 29.2 Å². The maximum absolute atomic E-state index is 12.6. The number of hydrogen-bond acceptors (Lipinski definition) is 3. The Hall–Kier alpha value is -0.620. The van der Waals surface area contributed by atoms with Crippen molar-refractivity contribution in [2.45, 2.75) is 31.1 Å². The van der Waals surface area contributed by atoms with E-state index < -0.39 is 10.0 Å². The van der Waals surface area contributed by atoms with Gasteiger partial charge in [-0.15, -0.1) is 0 Å². The molecular formula is C15H23ClN2O2S. The molecule has 1 fully saturated rings. The van der Waals surface area contributed by atoms with Crippen LogP contribution >= 0.6 is 11.6 Å². The summed E-state index contributed by atoms with van der Waals surface area (Å²) in [4.78, 5) is 2.63. The molecular weight excluding hydrogens is 308 g/mol. The lowest BCUT2D eigenvalue weighted by Crippen LogP contribution is -2.48. The quantitative estimate of drug-likeness (QED) is 0.753. The van der Waals surface area contributed by atoms with Crippen LogP contribution in [0.5, 0.6) is 0 Å². The van der Waals surface area contributed by atoms with Gasteiger partial charge >= 0.3 is 0 Å². The molecule has 0 atom stereocenters. The summed E-state index contributed by atoms with van der Waals surface area (Å²) in [5, 5.41) is 0.453. The first-order chi connectivity index (χ1) is 10.0. The molecule has 0 N–H and O–H groups in total. The van der Waals surface area contributed by atoms with E-state index in [0.717, 1.165) is 19.6 Å². The highest BCUT2D eigenvalue weighted by molar-refractivity contribution is 7.89. The number of sulfonamides is 1. The minimum atomic E-state index is -3.41. The Balaban J connectivity index is 1.95. The van der Waals surface area contributed by atoms with Crippen molar-refractivity contribution in [1.82, 2.24) is 9.21 Å². The van der Waals surface area contributed by atoms with E-state index in [0.29, 0.717) is 18.1 Å². The SMILES string of the molecule is CCCCCN1CCN(S(=O)(=O)c2cccc(Cl)c2)CC1. The van der Waals surface area contributed by atoms with Gasteiger partial charge in [-0.2, -0.15) is 4.31 Å². The predicted octanol–water partition coefficient (Wildman–Crippen LogP) is 2.84. The molecule has 1 heterocycles. The van der Waals surface area contributed by atoms with Crippen LogP contribution in [0.25, 0.3) is 0 Å². The summed E-state index contributed by atoms with van der Waals surface area (Å²) < 4.78 is 26.7. The van der Waals surface area contributed by atoms with Crippen LogP contribution in [0.3, 0.4) is 0 Å². The van der Waals surface area contributed by atoms with Gasteiger partial charge in [-0.05, 0) is 31.2 Å². The van der Waals surface area contributed by atoms with Crippen molar-refractivity contribution in [3.05, 3.63) is 29.3 Å². The second kappa shape index (κ2) is 7.58. The van der Waals surface area contributed by atoms with Gasteiger partial charge in [0.05, 0.1) is 4.90 Å². The lowest BCUT2D eigenvalue weighted by Gasteiger charge is -2.34. The second-order valence-corrected chi connectivity index (χ2v) is 7.78. The molecule has 118 valence electrons. The summed E-state index contributed by atoms with van der Waals surface area (Å²) >= 11 is 5.89. The Morgan fingerprint density at radius 2 is 1.86 bits per heavy atom. The highest BCUT2D eigenvalue weighted by atomic mass is 35.5. The molecule has 0 spiro atoms. The van der Waals surface area contributed by atoms with E-state index in [-0.39, 0.29) is 4.90 Å². The molecule has 0 aromatic heterocycles. The molecule has 0 bridgehead atoms. The molecule has 1 aliphatic rings. The van der Waals surface area contributed by atoms with Gasteiger partial charge in [0, 0.05) is 31.2 Å². The molecule has 0 unspecified atom stereocenters. The fourth-order valence-corrected chi connectivity index (χ4v) is 4.28. The molecule has 0 aliphatic carbocycles. The van der Waals surface area contributed by atoms with Crippen LogP contribution < -0.4 is 0 Å². The van der Waals surface area contributed by atoms with Crippen molar-refractivity contribution in [2.24, 2.45) is 0 Å². The topological polar surface area (TPSA) is 40.6 Å². The molecule has 1 saturated heterocycles. The number of benzene rings is 1. The smallest absolute Gasteiger partial charge is 0.243 e. The summed E-state index contributed by atoms with van der Waals surface area (Å²) in [6.07, 6.45) is 3.64. The van der Waals surface area contributed by atoms with Crippen molar-refractivity contribution < 1.29 is 8.42 Å². The second-order valence-electron chi connectivity index (χ2n) is 5.41. The van der Waals surface area contributed by atoms with Gasteiger partial charge in [0.15, 0.2) is 0 Å². The van der Waals surface area contributed by atoms with E-state index in [1.807, 2.05) is 0 Å². The molecule has 0 amide bonds. The van der Waals surface area contributed by atoms with Crippen LogP contribution in [0, 0.1) is 0 Å². The Morgan fingerprint density at radius 3 is 2.48 bits per heavy atom. The fourth-order valence-electron chi connectivity index (χ4n) is 2.56. The third kappa shape index (κ3) is 4.42. The zero-order chi connectivity index (χ0) is 15.3. The van der Waals surface area contributed by atoms with Gasteiger partial charge in [-0.1, -0.05) is 37.4 Å². The first kappa shape index (κ1) is 16.7. The Morgan fingerprint density at radius 1 is 1.14 bits per heavy atom. The zero-order valence-electron chi connectivity index (χ0n) is 12.5. The van der Waals surface area contributed by atoms with Gasteiger partial charge in [-0.3, -0.25) is 0 Å². The maximum atomic E-state index is 12.6. The van der Waals surface area contributed by atoms with Crippen molar-refractivity contribution >= 4 is 21.6 Å². The number of rotatable bonds is 6. The van der Waals surface area contributed by atoms with Gasteiger partial charge in [0.1, 0.15) is 0 Å². The van der Waals surface area contributed by atoms with Gasteiger partial charge < -0.3 is 4.90 Å². The van der Waals surface area contributed by atoms with Crippen molar-refractivity contribution in [1.29, 1.82) is 0 Å². The molecule has 0 saturated carbocycles. The van der Waals surface area contributed by atoms with Gasteiger partial charge in [0.25, 0.3) is 0 Å². The predicted molar refractivity (Wildman–Crippen MR) is 86.2 cm³/mol. The van der Waals surface area contributed by atoms with Crippen LogP contribution in [-0.2, 0) is 10.0 Å². The monoisotopic (exact) mass is 330 g/mol. The third-order valence-electron chi connectivity index (χ3n) is 3.84. The molecule has 1 aromatic carbocycles. The molecule has 2 rings (SSSR count). The number of unbranched alkanes of at least 4 members (excludes halogenated alkanes) is 2. The largest absolute Gasteiger partial charge is 0.301 e. The van der Waals surface area contributed by atoms with Crippen molar-refractivity contribution in [3.63, 3.8) is 0 Å². The molecule has 0 radical (unpaired) electrons. The normalized spacial score (nSPS) is 18.0. The summed E-state index contributed by atoms with van der Waals surface area (Å²) in [5.74, 6) is 0. The molecule has 6 heteroatoms. The standard InChI is InChI=1S/C15H23ClN2O2S/c1-2-3-4-8-17-9-11-18(12-10-17)21(19,20)15-7-5-6-14(16)13-15/h5-7,13H,2-4,8-12H2,1H3. The summed E-state index contributed by atoms with van der Waals surface area (Å²) in [6, 6.07) is 6.49. The molecule has 21 heavy (non-hydrogen) atoms. The van der Waals surface area contributed by atoms with Crippen LogP contribution in [0.1, 0.15) is 26.2 Å².